The molecule has 0 fully saturated rings. The number of carbonyl (C=O) groups excluding carboxylic acids is 1. The number of anilines is 1. The third-order valence-corrected chi connectivity index (χ3v) is 2.79. The van der Waals surface area contributed by atoms with Crippen molar-refractivity contribution in [2.24, 2.45) is 0 Å². The highest BCUT2D eigenvalue weighted by molar-refractivity contribution is 6.30. The zero-order chi connectivity index (χ0) is 14.4. The van der Waals surface area contributed by atoms with E-state index in [2.05, 4.69) is 11.2 Å². The molecule has 2 rings (SSSR count). The van der Waals surface area contributed by atoms with Crippen LogP contribution in [-0.4, -0.2) is 12.5 Å². The molecule has 0 saturated heterocycles. The van der Waals surface area contributed by atoms with Gasteiger partial charge in [0.2, 0.25) is 0 Å². The largest absolute Gasteiger partial charge is 0.481 e. The number of carbonyl (C=O) groups is 1. The molecule has 0 unspecified atom stereocenters. The Hall–Kier alpha value is -2.44. The Labute approximate surface area is 122 Å². The fraction of sp³-hybridized carbons (Fsp3) is 0.0625. The van der Waals surface area contributed by atoms with Gasteiger partial charge < -0.3 is 10.1 Å². The molecule has 0 aromatic heterocycles. The van der Waals surface area contributed by atoms with Crippen molar-refractivity contribution in [3.8, 4) is 18.1 Å². The van der Waals surface area contributed by atoms with Gasteiger partial charge in [-0.25, -0.2) is 0 Å². The van der Waals surface area contributed by atoms with Crippen molar-refractivity contribution in [2.75, 3.05) is 11.9 Å². The summed E-state index contributed by atoms with van der Waals surface area (Å²) in [4.78, 5) is 12.0. The number of benzene rings is 2. The third kappa shape index (κ3) is 3.78. The number of hydrogen-bond donors (Lipinski definition) is 1. The van der Waals surface area contributed by atoms with Gasteiger partial charge >= 0.3 is 0 Å². The first-order chi connectivity index (χ1) is 9.69. The minimum absolute atomic E-state index is 0.195. The zero-order valence-corrected chi connectivity index (χ0v) is 11.4. The number of halogens is 1. The van der Waals surface area contributed by atoms with E-state index in [9.17, 15) is 4.79 Å². The van der Waals surface area contributed by atoms with E-state index in [0.717, 1.165) is 0 Å². The predicted octanol–water partition coefficient (Wildman–Crippen LogP) is 3.60. The first kappa shape index (κ1) is 14.0. The van der Waals surface area contributed by atoms with Crippen LogP contribution in [-0.2, 0) is 0 Å². The predicted molar refractivity (Wildman–Crippen MR) is 80.2 cm³/mol. The number of ether oxygens (including phenoxy) is 1. The Morgan fingerprint density at radius 1 is 1.15 bits per heavy atom. The molecule has 0 aliphatic heterocycles. The van der Waals surface area contributed by atoms with E-state index >= 15 is 0 Å². The average molecular weight is 286 g/mol. The van der Waals surface area contributed by atoms with Crippen LogP contribution in [0, 0.1) is 12.3 Å². The molecule has 0 atom stereocenters. The third-order valence-electron chi connectivity index (χ3n) is 2.54. The summed E-state index contributed by atoms with van der Waals surface area (Å²) >= 11 is 5.78. The molecule has 1 amide bonds. The van der Waals surface area contributed by atoms with E-state index in [0.29, 0.717) is 22.0 Å². The van der Waals surface area contributed by atoms with E-state index in [1.807, 2.05) is 0 Å². The summed E-state index contributed by atoms with van der Waals surface area (Å²) in [6.07, 6.45) is 5.11. The van der Waals surface area contributed by atoms with Crippen LogP contribution in [0.1, 0.15) is 10.4 Å². The summed E-state index contributed by atoms with van der Waals surface area (Å²) in [5, 5.41) is 3.38. The van der Waals surface area contributed by atoms with Crippen LogP contribution in [0.25, 0.3) is 0 Å². The lowest BCUT2D eigenvalue weighted by Gasteiger charge is -2.07. The first-order valence-corrected chi connectivity index (χ1v) is 6.30. The van der Waals surface area contributed by atoms with Crippen LogP contribution >= 0.6 is 11.6 Å². The van der Waals surface area contributed by atoms with Gasteiger partial charge in [0.15, 0.2) is 0 Å². The van der Waals surface area contributed by atoms with Crippen LogP contribution in [0.5, 0.6) is 5.75 Å². The second-order valence-electron chi connectivity index (χ2n) is 3.98. The fourth-order valence-corrected chi connectivity index (χ4v) is 1.69. The van der Waals surface area contributed by atoms with Gasteiger partial charge in [0.1, 0.15) is 12.4 Å². The standard InChI is InChI=1S/C16H12ClNO2/c1-2-11-20-15-9-7-14(8-10-15)18-16(19)12-3-5-13(17)6-4-12/h1,3-10H,11H2,(H,18,19). The maximum absolute atomic E-state index is 12.0. The maximum atomic E-state index is 12.0. The van der Waals surface area contributed by atoms with Gasteiger partial charge in [-0.2, -0.15) is 0 Å². The van der Waals surface area contributed by atoms with Crippen molar-refractivity contribution in [3.63, 3.8) is 0 Å². The molecule has 1 N–H and O–H groups in total. The summed E-state index contributed by atoms with van der Waals surface area (Å²) in [6.45, 7) is 0.219. The van der Waals surface area contributed by atoms with E-state index < -0.39 is 0 Å². The van der Waals surface area contributed by atoms with Gasteiger partial charge in [-0.15, -0.1) is 6.42 Å². The minimum Gasteiger partial charge on any atom is -0.481 e. The molecule has 100 valence electrons. The summed E-state index contributed by atoms with van der Waals surface area (Å²) in [5.74, 6) is 2.85. The molecule has 0 aliphatic rings. The Bertz CT molecular complexity index is 627. The minimum atomic E-state index is -0.195. The van der Waals surface area contributed by atoms with Gasteiger partial charge in [0.05, 0.1) is 0 Å². The van der Waals surface area contributed by atoms with E-state index in [1.54, 1.807) is 48.5 Å². The molecule has 4 heteroatoms. The van der Waals surface area contributed by atoms with Crippen molar-refractivity contribution in [1.82, 2.24) is 0 Å². The molecular weight excluding hydrogens is 274 g/mol. The number of terminal acetylenes is 1. The molecule has 0 bridgehead atoms. The molecule has 0 saturated carbocycles. The maximum Gasteiger partial charge on any atom is 0.255 e. The molecule has 0 spiro atoms. The highest BCUT2D eigenvalue weighted by atomic mass is 35.5. The second kappa shape index (κ2) is 6.65. The van der Waals surface area contributed by atoms with Gasteiger partial charge in [0.25, 0.3) is 5.91 Å². The summed E-state index contributed by atoms with van der Waals surface area (Å²) in [5.41, 5.74) is 1.22. The lowest BCUT2D eigenvalue weighted by molar-refractivity contribution is 0.102. The van der Waals surface area contributed by atoms with Crippen LogP contribution in [0.3, 0.4) is 0 Å². The highest BCUT2D eigenvalue weighted by Crippen LogP contribution is 2.17. The van der Waals surface area contributed by atoms with Gasteiger partial charge in [0, 0.05) is 16.3 Å². The molecular formula is C16H12ClNO2. The van der Waals surface area contributed by atoms with Gasteiger partial charge in [-0.1, -0.05) is 17.5 Å². The normalized spacial score (nSPS) is 9.60. The van der Waals surface area contributed by atoms with Crippen LogP contribution in [0.15, 0.2) is 48.5 Å². The van der Waals surface area contributed by atoms with Crippen molar-refractivity contribution in [3.05, 3.63) is 59.1 Å². The van der Waals surface area contributed by atoms with E-state index in [4.69, 9.17) is 22.8 Å². The van der Waals surface area contributed by atoms with Crippen molar-refractivity contribution < 1.29 is 9.53 Å². The molecule has 0 heterocycles. The Morgan fingerprint density at radius 2 is 1.80 bits per heavy atom. The molecule has 0 radical (unpaired) electrons. The van der Waals surface area contributed by atoms with Crippen molar-refractivity contribution in [1.29, 1.82) is 0 Å². The Balaban J connectivity index is 2.01. The number of hydrogen-bond acceptors (Lipinski definition) is 2. The zero-order valence-electron chi connectivity index (χ0n) is 10.6. The summed E-state index contributed by atoms with van der Waals surface area (Å²) in [6, 6.07) is 13.7. The smallest absolute Gasteiger partial charge is 0.255 e. The monoisotopic (exact) mass is 285 g/mol. The number of amides is 1. The summed E-state index contributed by atoms with van der Waals surface area (Å²) < 4.78 is 5.25. The fourth-order valence-electron chi connectivity index (χ4n) is 1.56. The molecule has 0 aliphatic carbocycles. The van der Waals surface area contributed by atoms with Gasteiger partial charge in [-0.05, 0) is 48.5 Å². The topological polar surface area (TPSA) is 38.3 Å². The van der Waals surface area contributed by atoms with Crippen LogP contribution in [0.2, 0.25) is 5.02 Å². The second-order valence-corrected chi connectivity index (χ2v) is 4.41. The lowest BCUT2D eigenvalue weighted by atomic mass is 10.2. The number of nitrogens with one attached hydrogen (secondary N) is 1. The Kier molecular flexibility index (Phi) is 4.65. The van der Waals surface area contributed by atoms with Crippen LogP contribution in [0.4, 0.5) is 5.69 Å². The van der Waals surface area contributed by atoms with Crippen molar-refractivity contribution >= 4 is 23.2 Å². The number of rotatable bonds is 4. The lowest BCUT2D eigenvalue weighted by Crippen LogP contribution is -2.11. The summed E-state index contributed by atoms with van der Waals surface area (Å²) in [7, 11) is 0. The van der Waals surface area contributed by atoms with Gasteiger partial charge in [-0.3, -0.25) is 4.79 Å². The van der Waals surface area contributed by atoms with E-state index in [-0.39, 0.29) is 12.5 Å². The molecule has 2 aromatic rings. The highest BCUT2D eigenvalue weighted by Gasteiger charge is 2.05. The van der Waals surface area contributed by atoms with Crippen molar-refractivity contribution in [2.45, 2.75) is 0 Å². The van der Waals surface area contributed by atoms with Crippen LogP contribution < -0.4 is 10.1 Å². The molecule has 2 aromatic carbocycles. The first-order valence-electron chi connectivity index (χ1n) is 5.92. The molecule has 20 heavy (non-hydrogen) atoms. The SMILES string of the molecule is C#CCOc1ccc(NC(=O)c2ccc(Cl)cc2)cc1. The quantitative estimate of drug-likeness (QED) is 0.872. The average Bonchev–Trinajstić information content (AvgIpc) is 2.47. The Morgan fingerprint density at radius 3 is 2.40 bits per heavy atom. The molecule has 3 nitrogen and oxygen atoms in total. The van der Waals surface area contributed by atoms with E-state index in [1.165, 1.54) is 0 Å².